The van der Waals surface area contributed by atoms with Crippen LogP contribution in [0.3, 0.4) is 0 Å². The molecule has 0 N–H and O–H groups in total. The number of aromatic nitrogens is 1. The van der Waals surface area contributed by atoms with Crippen molar-refractivity contribution in [1.29, 1.82) is 0 Å². The number of hydrogen-bond acceptors (Lipinski definition) is 6. The highest BCUT2D eigenvalue weighted by Gasteiger charge is 2.23. The molecule has 0 unspecified atom stereocenters. The van der Waals surface area contributed by atoms with Crippen molar-refractivity contribution < 1.29 is 18.7 Å². The van der Waals surface area contributed by atoms with Gasteiger partial charge in [-0.2, -0.15) is 0 Å². The lowest BCUT2D eigenvalue weighted by atomic mass is 10.1. The number of amides is 1. The van der Waals surface area contributed by atoms with Crippen molar-refractivity contribution in [3.63, 3.8) is 0 Å². The van der Waals surface area contributed by atoms with Crippen LogP contribution in [0.5, 0.6) is 11.5 Å². The molecule has 0 aliphatic carbocycles. The van der Waals surface area contributed by atoms with Crippen LogP contribution in [-0.2, 0) is 0 Å². The molecule has 3 aromatic rings. The molecule has 0 aliphatic heterocycles. The van der Waals surface area contributed by atoms with Crippen molar-refractivity contribution >= 4 is 45.0 Å². The van der Waals surface area contributed by atoms with Crippen LogP contribution < -0.4 is 14.4 Å². The van der Waals surface area contributed by atoms with Gasteiger partial charge in [0.2, 0.25) is 0 Å². The van der Waals surface area contributed by atoms with E-state index < -0.39 is 0 Å². The minimum absolute atomic E-state index is 0. The van der Waals surface area contributed by atoms with Crippen molar-refractivity contribution in [2.75, 3.05) is 44.3 Å². The van der Waals surface area contributed by atoms with Gasteiger partial charge in [0.25, 0.3) is 5.91 Å². The number of nitrogens with zero attached hydrogens (tertiary/aromatic N) is 3. The number of anilines is 1. The molecule has 9 heteroatoms. The Kier molecular flexibility index (Phi) is 10.3. The van der Waals surface area contributed by atoms with Crippen LogP contribution in [0.4, 0.5) is 9.52 Å². The second kappa shape index (κ2) is 12.7. The van der Waals surface area contributed by atoms with Crippen molar-refractivity contribution in [2.24, 2.45) is 0 Å². The summed E-state index contributed by atoms with van der Waals surface area (Å²) in [5, 5.41) is 0.551. The van der Waals surface area contributed by atoms with Crippen LogP contribution in [0.25, 0.3) is 10.2 Å². The van der Waals surface area contributed by atoms with E-state index in [1.807, 2.05) is 13.8 Å². The van der Waals surface area contributed by atoms with Gasteiger partial charge < -0.3 is 14.4 Å². The Morgan fingerprint density at radius 2 is 1.67 bits per heavy atom. The SMILES string of the molecule is CCOc1ccc(C(=O)N(CCN(CC)CC)c2nc3ccc(F)cc3s2)cc1OCC.Cl. The van der Waals surface area contributed by atoms with Crippen LogP contribution in [-0.4, -0.2) is 55.2 Å². The molecule has 180 valence electrons. The lowest BCUT2D eigenvalue weighted by Crippen LogP contribution is -2.38. The first kappa shape index (κ1) is 26.8. The van der Waals surface area contributed by atoms with Crippen LogP contribution in [0, 0.1) is 5.82 Å². The fraction of sp³-hybridized carbons (Fsp3) is 0.417. The quantitative estimate of drug-likeness (QED) is 0.344. The number of rotatable bonds is 11. The van der Waals surface area contributed by atoms with Crippen LogP contribution >= 0.6 is 23.7 Å². The summed E-state index contributed by atoms with van der Waals surface area (Å²) in [6.45, 7) is 11.9. The third-order valence-electron chi connectivity index (χ3n) is 5.14. The highest BCUT2D eigenvalue weighted by Crippen LogP contribution is 2.32. The Balaban J connectivity index is 0.00000385. The summed E-state index contributed by atoms with van der Waals surface area (Å²) in [6.07, 6.45) is 0. The average molecular weight is 496 g/mol. The van der Waals surface area contributed by atoms with Crippen molar-refractivity contribution in [2.45, 2.75) is 27.7 Å². The molecule has 1 aromatic heterocycles. The third kappa shape index (κ3) is 6.56. The molecule has 2 aromatic carbocycles. The zero-order chi connectivity index (χ0) is 23.1. The molecule has 0 spiro atoms. The first-order chi connectivity index (χ1) is 15.5. The third-order valence-corrected chi connectivity index (χ3v) is 6.18. The number of carbonyl (C=O) groups is 1. The van der Waals surface area contributed by atoms with E-state index in [1.165, 1.54) is 23.5 Å². The molecular weight excluding hydrogens is 465 g/mol. The zero-order valence-corrected chi connectivity index (χ0v) is 21.1. The molecule has 1 heterocycles. The van der Waals surface area contributed by atoms with Gasteiger partial charge in [0, 0.05) is 18.7 Å². The van der Waals surface area contributed by atoms with Gasteiger partial charge in [-0.15, -0.1) is 12.4 Å². The summed E-state index contributed by atoms with van der Waals surface area (Å²) < 4.78 is 25.7. The molecule has 6 nitrogen and oxygen atoms in total. The standard InChI is InChI=1S/C24H30FN3O3S.ClH/c1-5-27(6-2)13-14-28(24-26-19-11-10-18(25)16-22(19)32-24)23(29)17-9-12-20(30-7-3)21(15-17)31-8-4;/h9-12,15-16H,5-8,13-14H2,1-4H3;1H. The van der Waals surface area contributed by atoms with Gasteiger partial charge in [0.1, 0.15) is 5.82 Å². The fourth-order valence-electron chi connectivity index (χ4n) is 3.41. The minimum atomic E-state index is -0.318. The number of ether oxygens (including phenoxy) is 2. The second-order valence-corrected chi connectivity index (χ2v) is 8.13. The molecule has 0 saturated carbocycles. The first-order valence-corrected chi connectivity index (χ1v) is 11.8. The summed E-state index contributed by atoms with van der Waals surface area (Å²) in [7, 11) is 0. The zero-order valence-electron chi connectivity index (χ0n) is 19.5. The van der Waals surface area contributed by atoms with Gasteiger partial charge in [0.15, 0.2) is 16.6 Å². The van der Waals surface area contributed by atoms with E-state index in [4.69, 9.17) is 9.47 Å². The maximum atomic E-state index is 13.7. The maximum Gasteiger partial charge on any atom is 0.260 e. The Bertz CT molecular complexity index is 1060. The molecular formula is C24H31ClFN3O3S. The van der Waals surface area contributed by atoms with E-state index in [0.29, 0.717) is 58.7 Å². The topological polar surface area (TPSA) is 54.9 Å². The number of likely N-dealkylation sites (N-methyl/N-ethyl adjacent to an activating group) is 1. The van der Waals surface area contributed by atoms with Gasteiger partial charge in [0.05, 0.1) is 23.4 Å². The van der Waals surface area contributed by atoms with Crippen LogP contribution in [0.2, 0.25) is 0 Å². The van der Waals surface area contributed by atoms with Crippen LogP contribution in [0.15, 0.2) is 36.4 Å². The van der Waals surface area contributed by atoms with E-state index in [2.05, 4.69) is 23.7 Å². The summed E-state index contributed by atoms with van der Waals surface area (Å²) >= 11 is 1.31. The van der Waals surface area contributed by atoms with Gasteiger partial charge in [-0.3, -0.25) is 9.69 Å². The molecule has 0 radical (unpaired) electrons. The summed E-state index contributed by atoms with van der Waals surface area (Å²) in [5.41, 5.74) is 1.16. The lowest BCUT2D eigenvalue weighted by molar-refractivity contribution is 0.0983. The van der Waals surface area contributed by atoms with Crippen molar-refractivity contribution in [3.05, 3.63) is 47.8 Å². The molecule has 0 fully saturated rings. The van der Waals surface area contributed by atoms with E-state index in [-0.39, 0.29) is 24.1 Å². The van der Waals surface area contributed by atoms with Gasteiger partial charge in [-0.1, -0.05) is 25.2 Å². The molecule has 33 heavy (non-hydrogen) atoms. The van der Waals surface area contributed by atoms with Crippen LogP contribution in [0.1, 0.15) is 38.1 Å². The molecule has 3 rings (SSSR count). The number of halogens is 2. The monoisotopic (exact) mass is 495 g/mol. The summed E-state index contributed by atoms with van der Waals surface area (Å²) in [5.74, 6) is 0.647. The fourth-order valence-corrected chi connectivity index (χ4v) is 4.42. The number of thiazole rings is 1. The number of hydrogen-bond donors (Lipinski definition) is 0. The molecule has 0 aliphatic rings. The van der Waals surface area contributed by atoms with E-state index in [1.54, 1.807) is 29.2 Å². The van der Waals surface area contributed by atoms with E-state index in [0.717, 1.165) is 13.1 Å². The normalized spacial score (nSPS) is 10.8. The highest BCUT2D eigenvalue weighted by atomic mass is 35.5. The Morgan fingerprint density at radius 3 is 2.33 bits per heavy atom. The van der Waals surface area contributed by atoms with Gasteiger partial charge in [-0.25, -0.2) is 9.37 Å². The molecule has 0 atom stereocenters. The molecule has 1 amide bonds. The van der Waals surface area contributed by atoms with Crippen molar-refractivity contribution in [3.8, 4) is 11.5 Å². The van der Waals surface area contributed by atoms with E-state index in [9.17, 15) is 9.18 Å². The number of fused-ring (bicyclic) bond motifs is 1. The van der Waals surface area contributed by atoms with Gasteiger partial charge in [-0.05, 0) is 63.3 Å². The second-order valence-electron chi connectivity index (χ2n) is 7.12. The predicted molar refractivity (Wildman–Crippen MR) is 135 cm³/mol. The minimum Gasteiger partial charge on any atom is -0.490 e. The number of carbonyl (C=O) groups excluding carboxylic acids is 1. The first-order valence-electron chi connectivity index (χ1n) is 11.0. The molecule has 0 saturated heterocycles. The van der Waals surface area contributed by atoms with Crippen molar-refractivity contribution in [1.82, 2.24) is 9.88 Å². The summed E-state index contributed by atoms with van der Waals surface area (Å²) in [6, 6.07) is 9.70. The number of benzene rings is 2. The lowest BCUT2D eigenvalue weighted by Gasteiger charge is -2.25. The van der Waals surface area contributed by atoms with E-state index >= 15 is 0 Å². The molecule has 0 bridgehead atoms. The Morgan fingerprint density at radius 1 is 0.970 bits per heavy atom. The predicted octanol–water partition coefficient (Wildman–Crippen LogP) is 5.64. The van der Waals surface area contributed by atoms with Gasteiger partial charge >= 0.3 is 0 Å². The maximum absolute atomic E-state index is 13.7. The average Bonchev–Trinajstić information content (AvgIpc) is 3.20. The summed E-state index contributed by atoms with van der Waals surface area (Å²) in [4.78, 5) is 22.1. The smallest absolute Gasteiger partial charge is 0.260 e. The highest BCUT2D eigenvalue weighted by molar-refractivity contribution is 7.22. The Hall–Kier alpha value is -2.42. The largest absolute Gasteiger partial charge is 0.490 e. The Labute approximate surface area is 204 Å².